The number of aromatic nitrogens is 1. The van der Waals surface area contributed by atoms with Gasteiger partial charge in [0.15, 0.2) is 0 Å². The van der Waals surface area contributed by atoms with Gasteiger partial charge in [-0.1, -0.05) is 11.2 Å². The Bertz CT molecular complexity index is 691. The first kappa shape index (κ1) is 14.0. The van der Waals surface area contributed by atoms with Crippen molar-refractivity contribution in [1.82, 2.24) is 4.57 Å². The summed E-state index contributed by atoms with van der Waals surface area (Å²) >= 11 is 0. The number of carbonyl (C=O) groups excluding carboxylic acids is 1. The molecule has 6 nitrogen and oxygen atoms in total. The van der Waals surface area contributed by atoms with Crippen molar-refractivity contribution in [3.05, 3.63) is 46.5 Å². The lowest BCUT2D eigenvalue weighted by molar-refractivity contribution is 0.0544. The Morgan fingerprint density at radius 3 is 2.80 bits per heavy atom. The average molecular weight is 272 g/mol. The smallest absolute Gasteiger partial charge is 0.418 e. The molecule has 0 unspecified atom stereocenters. The zero-order valence-electron chi connectivity index (χ0n) is 11.7. The summed E-state index contributed by atoms with van der Waals surface area (Å²) in [7, 11) is 0. The number of hydrogen-bond donors (Lipinski definition) is 0. The van der Waals surface area contributed by atoms with Gasteiger partial charge in [-0.15, -0.1) is 0 Å². The Balaban J connectivity index is 2.33. The van der Waals surface area contributed by atoms with E-state index in [-0.39, 0.29) is 0 Å². The quantitative estimate of drug-likeness (QED) is 0.465. The van der Waals surface area contributed by atoms with Crippen LogP contribution in [0.1, 0.15) is 26.3 Å². The van der Waals surface area contributed by atoms with Crippen molar-refractivity contribution in [2.45, 2.75) is 32.9 Å². The van der Waals surface area contributed by atoms with Crippen LogP contribution in [-0.4, -0.2) is 16.3 Å². The van der Waals surface area contributed by atoms with Crippen LogP contribution in [0.5, 0.6) is 0 Å². The van der Waals surface area contributed by atoms with Crippen LogP contribution < -0.4 is 0 Å². The minimum atomic E-state index is -0.533. The molecule has 0 amide bonds. The van der Waals surface area contributed by atoms with Gasteiger partial charge >= 0.3 is 6.09 Å². The standard InChI is InChI=1S/C14H16N4O2/c1-14(2,3)20-13(19)18-7-6-11-8-10(9-16-17-15)4-5-12(11)18/h4-8H,9H2,1-3H3. The Hall–Kier alpha value is -2.46. The summed E-state index contributed by atoms with van der Waals surface area (Å²) in [5.41, 5.74) is 9.45. The van der Waals surface area contributed by atoms with Crippen LogP contribution in [0.15, 0.2) is 35.6 Å². The van der Waals surface area contributed by atoms with E-state index < -0.39 is 11.7 Å². The number of carbonyl (C=O) groups is 1. The third-order valence-corrected chi connectivity index (χ3v) is 2.66. The zero-order chi connectivity index (χ0) is 14.8. The lowest BCUT2D eigenvalue weighted by Gasteiger charge is -2.19. The number of benzene rings is 1. The molecule has 0 spiro atoms. The molecule has 0 atom stereocenters. The molecule has 2 rings (SSSR count). The molecule has 1 aromatic carbocycles. The SMILES string of the molecule is CC(C)(C)OC(=O)n1ccc2cc(CN=[N+]=[N-])ccc21. The Kier molecular flexibility index (Phi) is 3.68. The number of fused-ring (bicyclic) bond motifs is 1. The molecule has 0 saturated carbocycles. The maximum absolute atomic E-state index is 12.1. The predicted octanol–water partition coefficient (Wildman–Crippen LogP) is 4.23. The van der Waals surface area contributed by atoms with E-state index in [2.05, 4.69) is 10.0 Å². The molecule has 0 aliphatic rings. The molecular formula is C14H16N4O2. The summed E-state index contributed by atoms with van der Waals surface area (Å²) in [6, 6.07) is 7.38. The van der Waals surface area contributed by atoms with E-state index in [1.54, 1.807) is 6.20 Å². The van der Waals surface area contributed by atoms with Gasteiger partial charge in [0.25, 0.3) is 0 Å². The van der Waals surface area contributed by atoms with E-state index in [1.807, 2.05) is 45.0 Å². The van der Waals surface area contributed by atoms with Crippen LogP contribution in [-0.2, 0) is 11.3 Å². The second kappa shape index (κ2) is 5.27. The number of ether oxygens (including phenoxy) is 1. The van der Waals surface area contributed by atoms with Crippen molar-refractivity contribution < 1.29 is 9.53 Å². The molecule has 6 heteroatoms. The topological polar surface area (TPSA) is 80.0 Å². The summed E-state index contributed by atoms with van der Waals surface area (Å²) in [6.45, 7) is 5.78. The van der Waals surface area contributed by atoms with Gasteiger partial charge in [0.2, 0.25) is 0 Å². The Morgan fingerprint density at radius 1 is 1.40 bits per heavy atom. The van der Waals surface area contributed by atoms with Crippen molar-refractivity contribution in [3.8, 4) is 0 Å². The third-order valence-electron chi connectivity index (χ3n) is 2.66. The highest BCUT2D eigenvalue weighted by Crippen LogP contribution is 2.20. The van der Waals surface area contributed by atoms with E-state index in [4.69, 9.17) is 10.3 Å². The number of rotatable bonds is 2. The summed E-state index contributed by atoms with van der Waals surface area (Å²) < 4.78 is 6.81. The number of hydrogen-bond acceptors (Lipinski definition) is 3. The van der Waals surface area contributed by atoms with E-state index in [0.717, 1.165) is 16.5 Å². The summed E-state index contributed by atoms with van der Waals surface area (Å²) in [5, 5.41) is 4.43. The van der Waals surface area contributed by atoms with Crippen molar-refractivity contribution >= 4 is 17.0 Å². The largest absolute Gasteiger partial charge is 0.443 e. The van der Waals surface area contributed by atoms with Gasteiger partial charge in [0.1, 0.15) is 5.60 Å². The second-order valence-electron chi connectivity index (χ2n) is 5.45. The van der Waals surface area contributed by atoms with Crippen LogP contribution in [0, 0.1) is 0 Å². The van der Waals surface area contributed by atoms with Crippen molar-refractivity contribution in [2.75, 3.05) is 0 Å². The molecule has 0 N–H and O–H groups in total. The summed E-state index contributed by atoms with van der Waals surface area (Å²) in [4.78, 5) is 14.8. The molecular weight excluding hydrogens is 256 g/mol. The monoisotopic (exact) mass is 272 g/mol. The van der Waals surface area contributed by atoms with Crippen LogP contribution >= 0.6 is 0 Å². The lowest BCUT2D eigenvalue weighted by Crippen LogP contribution is -2.26. The Labute approximate surface area is 116 Å². The fraction of sp³-hybridized carbons (Fsp3) is 0.357. The molecule has 0 saturated heterocycles. The third kappa shape index (κ3) is 3.10. The molecule has 1 heterocycles. The minimum absolute atomic E-state index is 0.296. The minimum Gasteiger partial charge on any atom is -0.443 e. The van der Waals surface area contributed by atoms with Crippen LogP contribution in [0.25, 0.3) is 21.3 Å². The molecule has 20 heavy (non-hydrogen) atoms. The van der Waals surface area contributed by atoms with Crippen molar-refractivity contribution in [2.24, 2.45) is 5.11 Å². The van der Waals surface area contributed by atoms with Crippen LogP contribution in [0.4, 0.5) is 4.79 Å². The lowest BCUT2D eigenvalue weighted by atomic mass is 10.1. The molecule has 1 aromatic heterocycles. The Morgan fingerprint density at radius 2 is 2.15 bits per heavy atom. The highest BCUT2D eigenvalue weighted by molar-refractivity contribution is 5.89. The van der Waals surface area contributed by atoms with Gasteiger partial charge in [0, 0.05) is 16.5 Å². The molecule has 0 aliphatic carbocycles. The molecule has 104 valence electrons. The first-order chi connectivity index (χ1) is 9.40. The van der Waals surface area contributed by atoms with Crippen LogP contribution in [0.2, 0.25) is 0 Å². The molecule has 0 aliphatic heterocycles. The fourth-order valence-corrected chi connectivity index (χ4v) is 1.87. The maximum atomic E-state index is 12.1. The van der Waals surface area contributed by atoms with E-state index in [9.17, 15) is 4.79 Å². The average Bonchev–Trinajstić information content (AvgIpc) is 2.77. The summed E-state index contributed by atoms with van der Waals surface area (Å²) in [6.07, 6.45) is 1.27. The fourth-order valence-electron chi connectivity index (χ4n) is 1.87. The highest BCUT2D eigenvalue weighted by Gasteiger charge is 2.18. The van der Waals surface area contributed by atoms with E-state index in [1.165, 1.54) is 4.57 Å². The molecule has 0 bridgehead atoms. The van der Waals surface area contributed by atoms with Crippen molar-refractivity contribution in [1.29, 1.82) is 0 Å². The normalized spacial score (nSPS) is 11.2. The predicted molar refractivity (Wildman–Crippen MR) is 76.4 cm³/mol. The number of nitrogens with zero attached hydrogens (tertiary/aromatic N) is 4. The van der Waals surface area contributed by atoms with Gasteiger partial charge in [-0.3, -0.25) is 4.57 Å². The van der Waals surface area contributed by atoms with Gasteiger partial charge in [-0.05, 0) is 50.1 Å². The summed E-state index contributed by atoms with van der Waals surface area (Å²) in [5.74, 6) is 0. The van der Waals surface area contributed by atoms with Gasteiger partial charge in [0.05, 0.1) is 12.1 Å². The van der Waals surface area contributed by atoms with Gasteiger partial charge < -0.3 is 4.74 Å². The van der Waals surface area contributed by atoms with E-state index >= 15 is 0 Å². The first-order valence-electron chi connectivity index (χ1n) is 6.25. The highest BCUT2D eigenvalue weighted by atomic mass is 16.6. The van der Waals surface area contributed by atoms with E-state index in [0.29, 0.717) is 6.54 Å². The first-order valence-corrected chi connectivity index (χ1v) is 6.25. The van der Waals surface area contributed by atoms with Gasteiger partial charge in [-0.25, -0.2) is 4.79 Å². The second-order valence-corrected chi connectivity index (χ2v) is 5.45. The molecule has 0 radical (unpaired) electrons. The van der Waals surface area contributed by atoms with Gasteiger partial charge in [-0.2, -0.15) is 0 Å². The zero-order valence-corrected chi connectivity index (χ0v) is 11.7. The number of azide groups is 1. The molecule has 0 fully saturated rings. The van der Waals surface area contributed by atoms with Crippen molar-refractivity contribution in [3.63, 3.8) is 0 Å². The molecule has 2 aromatic rings. The van der Waals surface area contributed by atoms with Crippen LogP contribution in [0.3, 0.4) is 0 Å². The maximum Gasteiger partial charge on any atom is 0.418 e.